The summed E-state index contributed by atoms with van der Waals surface area (Å²) in [6.45, 7) is 4.94. The Labute approximate surface area is 116 Å². The summed E-state index contributed by atoms with van der Waals surface area (Å²) in [4.78, 5) is 11.8. The number of halogens is 1. The van der Waals surface area contributed by atoms with Gasteiger partial charge in [-0.3, -0.25) is 4.79 Å². The lowest BCUT2D eigenvalue weighted by Gasteiger charge is -2.13. The van der Waals surface area contributed by atoms with Crippen molar-refractivity contribution in [2.75, 3.05) is 6.54 Å². The van der Waals surface area contributed by atoms with E-state index in [4.69, 9.17) is 0 Å². The molecule has 0 spiro atoms. The average molecular weight is 347 g/mol. The van der Waals surface area contributed by atoms with Crippen LogP contribution in [0, 0.1) is 9.49 Å². The Morgan fingerprint density at radius 3 is 2.59 bits per heavy atom. The lowest BCUT2D eigenvalue weighted by molar-refractivity contribution is 0.0946. The highest BCUT2D eigenvalue weighted by Gasteiger charge is 2.10. The van der Waals surface area contributed by atoms with Crippen molar-refractivity contribution in [3.8, 4) is 5.75 Å². The molecular formula is C13H18INO2. The number of phenols is 1. The third-order valence-corrected chi connectivity index (χ3v) is 3.83. The summed E-state index contributed by atoms with van der Waals surface area (Å²) in [7, 11) is 0. The number of hydrogen-bond donors (Lipinski definition) is 2. The van der Waals surface area contributed by atoms with Crippen LogP contribution in [-0.4, -0.2) is 17.6 Å². The van der Waals surface area contributed by atoms with Crippen LogP contribution in [0.2, 0.25) is 0 Å². The van der Waals surface area contributed by atoms with E-state index in [0.717, 1.165) is 16.4 Å². The lowest BCUT2D eigenvalue weighted by atomic mass is 10.0. The van der Waals surface area contributed by atoms with Gasteiger partial charge in [-0.25, -0.2) is 0 Å². The second-order valence-electron chi connectivity index (χ2n) is 4.06. The first-order valence-electron chi connectivity index (χ1n) is 5.85. The number of aromatic hydroxyl groups is 1. The van der Waals surface area contributed by atoms with Gasteiger partial charge in [-0.2, -0.15) is 0 Å². The zero-order valence-corrected chi connectivity index (χ0v) is 12.3. The van der Waals surface area contributed by atoms with Crippen LogP contribution >= 0.6 is 22.6 Å². The predicted octanol–water partition coefficient (Wildman–Crippen LogP) is 3.16. The zero-order chi connectivity index (χ0) is 12.8. The molecule has 0 unspecified atom stereocenters. The molecule has 0 aromatic heterocycles. The van der Waals surface area contributed by atoms with Crippen molar-refractivity contribution in [2.45, 2.75) is 26.7 Å². The van der Waals surface area contributed by atoms with Gasteiger partial charge in [0.15, 0.2) is 0 Å². The molecule has 1 amide bonds. The van der Waals surface area contributed by atoms with Crippen molar-refractivity contribution in [3.63, 3.8) is 0 Å². The first-order chi connectivity index (χ1) is 8.08. The first-order valence-corrected chi connectivity index (χ1v) is 6.93. The number of carbonyl (C=O) groups excluding carboxylic acids is 1. The maximum absolute atomic E-state index is 11.8. The molecule has 0 fully saturated rings. The zero-order valence-electron chi connectivity index (χ0n) is 10.2. The minimum atomic E-state index is -0.122. The molecule has 0 saturated carbocycles. The van der Waals surface area contributed by atoms with Gasteiger partial charge >= 0.3 is 0 Å². The van der Waals surface area contributed by atoms with Crippen LogP contribution in [0.3, 0.4) is 0 Å². The Balaban J connectivity index is 2.61. The normalized spacial score (nSPS) is 10.6. The number of amides is 1. The smallest absolute Gasteiger partial charge is 0.251 e. The maximum atomic E-state index is 11.8. The minimum Gasteiger partial charge on any atom is -0.507 e. The van der Waals surface area contributed by atoms with Gasteiger partial charge < -0.3 is 10.4 Å². The quantitative estimate of drug-likeness (QED) is 0.804. The van der Waals surface area contributed by atoms with E-state index in [1.165, 1.54) is 6.07 Å². The Kier molecular flexibility index (Phi) is 5.74. The third kappa shape index (κ3) is 4.18. The highest BCUT2D eigenvalue weighted by molar-refractivity contribution is 14.1. The van der Waals surface area contributed by atoms with E-state index in [9.17, 15) is 9.90 Å². The van der Waals surface area contributed by atoms with Gasteiger partial charge in [0.25, 0.3) is 5.91 Å². The topological polar surface area (TPSA) is 49.3 Å². The van der Waals surface area contributed by atoms with Crippen molar-refractivity contribution in [1.29, 1.82) is 0 Å². The highest BCUT2D eigenvalue weighted by Crippen LogP contribution is 2.20. The van der Waals surface area contributed by atoms with Crippen molar-refractivity contribution in [1.82, 2.24) is 5.32 Å². The molecule has 0 bridgehead atoms. The van der Waals surface area contributed by atoms with E-state index in [0.29, 0.717) is 18.0 Å². The molecule has 0 heterocycles. The van der Waals surface area contributed by atoms with Crippen LogP contribution in [0.5, 0.6) is 5.75 Å². The minimum absolute atomic E-state index is 0.122. The van der Waals surface area contributed by atoms with Crippen LogP contribution < -0.4 is 5.32 Å². The van der Waals surface area contributed by atoms with Crippen molar-refractivity contribution in [2.24, 2.45) is 5.92 Å². The molecule has 0 aliphatic rings. The van der Waals surface area contributed by atoms with Crippen molar-refractivity contribution < 1.29 is 9.90 Å². The number of carbonyl (C=O) groups is 1. The van der Waals surface area contributed by atoms with Crippen LogP contribution in [0.15, 0.2) is 18.2 Å². The highest BCUT2D eigenvalue weighted by atomic mass is 127. The van der Waals surface area contributed by atoms with Gasteiger partial charge in [-0.1, -0.05) is 26.7 Å². The van der Waals surface area contributed by atoms with Crippen molar-refractivity contribution in [3.05, 3.63) is 27.3 Å². The SMILES string of the molecule is CCC(CC)CNC(=O)c1ccc(I)c(O)c1. The Morgan fingerprint density at radius 2 is 2.06 bits per heavy atom. The van der Waals surface area contributed by atoms with Crippen LogP contribution in [0.1, 0.15) is 37.0 Å². The summed E-state index contributed by atoms with van der Waals surface area (Å²) in [6.07, 6.45) is 2.13. The van der Waals surface area contributed by atoms with Gasteiger partial charge in [0.2, 0.25) is 0 Å². The van der Waals surface area contributed by atoms with Gasteiger partial charge in [0, 0.05) is 12.1 Å². The van der Waals surface area contributed by atoms with Gasteiger partial charge in [0.05, 0.1) is 3.57 Å². The fourth-order valence-electron chi connectivity index (χ4n) is 1.57. The predicted molar refractivity (Wildman–Crippen MR) is 77.2 cm³/mol. The summed E-state index contributed by atoms with van der Waals surface area (Å²) in [5, 5.41) is 12.4. The number of nitrogens with one attached hydrogen (secondary N) is 1. The number of benzene rings is 1. The molecule has 3 nitrogen and oxygen atoms in total. The molecule has 17 heavy (non-hydrogen) atoms. The van der Waals surface area contributed by atoms with E-state index in [2.05, 4.69) is 19.2 Å². The Bertz CT molecular complexity index is 389. The lowest BCUT2D eigenvalue weighted by Crippen LogP contribution is -2.28. The van der Waals surface area contributed by atoms with E-state index in [-0.39, 0.29) is 11.7 Å². The molecule has 1 aromatic rings. The van der Waals surface area contributed by atoms with E-state index in [1.54, 1.807) is 12.1 Å². The Hall–Kier alpha value is -0.780. The molecule has 1 rings (SSSR count). The fourth-order valence-corrected chi connectivity index (χ4v) is 1.91. The molecular weight excluding hydrogens is 329 g/mol. The summed E-state index contributed by atoms with van der Waals surface area (Å²) in [5.74, 6) is 0.556. The second kappa shape index (κ2) is 6.83. The molecule has 1 aromatic carbocycles. The van der Waals surface area contributed by atoms with Gasteiger partial charge in [-0.05, 0) is 46.7 Å². The largest absolute Gasteiger partial charge is 0.507 e. The molecule has 2 N–H and O–H groups in total. The molecule has 0 radical (unpaired) electrons. The molecule has 94 valence electrons. The fraction of sp³-hybridized carbons (Fsp3) is 0.462. The molecule has 0 aliphatic heterocycles. The van der Waals surface area contributed by atoms with Crippen molar-refractivity contribution >= 4 is 28.5 Å². The number of rotatable bonds is 5. The molecule has 0 saturated heterocycles. The van der Waals surface area contributed by atoms with Crippen LogP contribution in [-0.2, 0) is 0 Å². The molecule has 0 atom stereocenters. The standard InChI is InChI=1S/C13H18INO2/c1-3-9(4-2)8-15-13(17)10-5-6-11(14)12(16)7-10/h5-7,9,16H,3-4,8H2,1-2H3,(H,15,17). The molecule has 4 heteroatoms. The summed E-state index contributed by atoms with van der Waals surface area (Å²) in [6, 6.07) is 4.97. The number of hydrogen-bond acceptors (Lipinski definition) is 2. The van der Waals surface area contributed by atoms with Crippen LogP contribution in [0.25, 0.3) is 0 Å². The molecule has 0 aliphatic carbocycles. The second-order valence-corrected chi connectivity index (χ2v) is 5.22. The van der Waals surface area contributed by atoms with Gasteiger partial charge in [-0.15, -0.1) is 0 Å². The Morgan fingerprint density at radius 1 is 1.41 bits per heavy atom. The summed E-state index contributed by atoms with van der Waals surface area (Å²) >= 11 is 2.03. The van der Waals surface area contributed by atoms with Crippen LogP contribution in [0.4, 0.5) is 0 Å². The van der Waals surface area contributed by atoms with E-state index >= 15 is 0 Å². The van der Waals surface area contributed by atoms with E-state index < -0.39 is 0 Å². The summed E-state index contributed by atoms with van der Waals surface area (Å²) in [5.41, 5.74) is 0.508. The monoisotopic (exact) mass is 347 g/mol. The first kappa shape index (κ1) is 14.3. The van der Waals surface area contributed by atoms with E-state index in [1.807, 2.05) is 22.6 Å². The van der Waals surface area contributed by atoms with Gasteiger partial charge in [0.1, 0.15) is 5.75 Å². The maximum Gasteiger partial charge on any atom is 0.251 e. The third-order valence-electron chi connectivity index (χ3n) is 2.91. The summed E-state index contributed by atoms with van der Waals surface area (Å²) < 4.78 is 0.749. The number of phenolic OH excluding ortho intramolecular Hbond substituents is 1. The average Bonchev–Trinajstić information content (AvgIpc) is 2.33.